The standard InChI is InChI=1S/C17H15N3O2S/c21-23(22,16-10-4-6-12-5-1-2-8-14(12)16)20-17-18-11-13-7-3-9-15(13)19-17/h1-2,4-6,8,10-11H,3,7,9H2,(H,18,19,20). The normalized spacial score (nSPS) is 13.9. The molecule has 0 saturated heterocycles. The van der Waals surface area contributed by atoms with E-state index in [1.807, 2.05) is 24.3 Å². The Morgan fingerprint density at radius 2 is 1.83 bits per heavy atom. The molecule has 6 heteroatoms. The summed E-state index contributed by atoms with van der Waals surface area (Å²) in [6, 6.07) is 12.6. The van der Waals surface area contributed by atoms with Gasteiger partial charge >= 0.3 is 0 Å². The number of nitrogens with zero attached hydrogens (tertiary/aromatic N) is 2. The van der Waals surface area contributed by atoms with E-state index in [0.717, 1.165) is 35.9 Å². The second-order valence-electron chi connectivity index (χ2n) is 5.60. The van der Waals surface area contributed by atoms with Crippen molar-refractivity contribution in [3.63, 3.8) is 0 Å². The zero-order valence-corrected chi connectivity index (χ0v) is 13.2. The van der Waals surface area contributed by atoms with Crippen LogP contribution >= 0.6 is 0 Å². The molecule has 5 nitrogen and oxygen atoms in total. The number of sulfonamides is 1. The summed E-state index contributed by atoms with van der Waals surface area (Å²) in [4.78, 5) is 8.72. The van der Waals surface area contributed by atoms with Gasteiger partial charge in [-0.1, -0.05) is 36.4 Å². The molecule has 4 rings (SSSR count). The molecule has 116 valence electrons. The van der Waals surface area contributed by atoms with Gasteiger partial charge in [-0.3, -0.25) is 0 Å². The van der Waals surface area contributed by atoms with Crippen molar-refractivity contribution in [3.8, 4) is 0 Å². The summed E-state index contributed by atoms with van der Waals surface area (Å²) in [7, 11) is -3.73. The van der Waals surface area contributed by atoms with Crippen LogP contribution in [0.4, 0.5) is 5.95 Å². The van der Waals surface area contributed by atoms with E-state index in [0.29, 0.717) is 5.39 Å². The number of nitrogens with one attached hydrogen (secondary N) is 1. The molecule has 0 unspecified atom stereocenters. The molecule has 1 aliphatic rings. The number of anilines is 1. The van der Waals surface area contributed by atoms with Crippen molar-refractivity contribution < 1.29 is 8.42 Å². The molecule has 3 aromatic rings. The minimum Gasteiger partial charge on any atom is -0.247 e. The van der Waals surface area contributed by atoms with Crippen LogP contribution < -0.4 is 4.72 Å². The van der Waals surface area contributed by atoms with Crippen molar-refractivity contribution in [2.75, 3.05) is 4.72 Å². The van der Waals surface area contributed by atoms with Crippen molar-refractivity contribution in [2.45, 2.75) is 24.2 Å². The average Bonchev–Trinajstić information content (AvgIpc) is 3.01. The van der Waals surface area contributed by atoms with Crippen LogP contribution in [0.1, 0.15) is 17.7 Å². The Bertz CT molecular complexity index is 994. The van der Waals surface area contributed by atoms with Crippen molar-refractivity contribution in [1.82, 2.24) is 9.97 Å². The smallest absolute Gasteiger partial charge is 0.247 e. The lowest BCUT2D eigenvalue weighted by atomic mass is 10.1. The molecule has 0 atom stereocenters. The van der Waals surface area contributed by atoms with E-state index in [1.54, 1.807) is 24.4 Å². The summed E-state index contributed by atoms with van der Waals surface area (Å²) in [5.41, 5.74) is 2.05. The molecule has 0 aliphatic heterocycles. The minimum absolute atomic E-state index is 0.138. The maximum Gasteiger partial charge on any atom is 0.264 e. The number of hydrogen-bond acceptors (Lipinski definition) is 4. The van der Waals surface area contributed by atoms with Gasteiger partial charge in [-0.25, -0.2) is 23.1 Å². The molecule has 23 heavy (non-hydrogen) atoms. The van der Waals surface area contributed by atoms with Crippen LogP contribution in [0.15, 0.2) is 53.6 Å². The zero-order valence-electron chi connectivity index (χ0n) is 12.4. The maximum atomic E-state index is 12.7. The van der Waals surface area contributed by atoms with Gasteiger partial charge in [-0.05, 0) is 36.3 Å². The van der Waals surface area contributed by atoms with E-state index in [9.17, 15) is 8.42 Å². The number of fused-ring (bicyclic) bond motifs is 2. The summed E-state index contributed by atoms with van der Waals surface area (Å²) in [6.07, 6.45) is 4.60. The number of rotatable bonds is 3. The lowest BCUT2D eigenvalue weighted by Gasteiger charge is -2.10. The quantitative estimate of drug-likeness (QED) is 0.803. The lowest BCUT2D eigenvalue weighted by Crippen LogP contribution is -2.16. The summed E-state index contributed by atoms with van der Waals surface area (Å²) >= 11 is 0. The van der Waals surface area contributed by atoms with Gasteiger partial charge in [0.2, 0.25) is 5.95 Å². The summed E-state index contributed by atoms with van der Waals surface area (Å²) in [5.74, 6) is 0.138. The molecule has 0 bridgehead atoms. The number of aromatic nitrogens is 2. The topological polar surface area (TPSA) is 72.0 Å². The van der Waals surface area contributed by atoms with E-state index in [1.165, 1.54) is 0 Å². The lowest BCUT2D eigenvalue weighted by molar-refractivity contribution is 0.601. The van der Waals surface area contributed by atoms with Crippen LogP contribution in [0.2, 0.25) is 0 Å². The number of hydrogen-bond donors (Lipinski definition) is 1. The summed E-state index contributed by atoms with van der Waals surface area (Å²) < 4.78 is 28.0. The fourth-order valence-corrected chi connectivity index (χ4v) is 4.15. The first-order valence-corrected chi connectivity index (χ1v) is 8.97. The van der Waals surface area contributed by atoms with Gasteiger partial charge in [0, 0.05) is 17.3 Å². The Kier molecular flexibility index (Phi) is 3.27. The second-order valence-corrected chi connectivity index (χ2v) is 7.25. The predicted molar refractivity (Wildman–Crippen MR) is 88.8 cm³/mol. The number of benzene rings is 2. The first-order chi connectivity index (χ1) is 11.1. The fraction of sp³-hybridized carbons (Fsp3) is 0.176. The van der Waals surface area contributed by atoms with Gasteiger partial charge in [0.15, 0.2) is 0 Å². The highest BCUT2D eigenvalue weighted by Crippen LogP contribution is 2.25. The predicted octanol–water partition coefficient (Wildman–Crippen LogP) is 2.92. The van der Waals surface area contributed by atoms with Crippen LogP contribution in [0, 0.1) is 0 Å². The van der Waals surface area contributed by atoms with Gasteiger partial charge in [-0.15, -0.1) is 0 Å². The minimum atomic E-state index is -3.73. The zero-order chi connectivity index (χ0) is 15.9. The molecule has 1 aromatic heterocycles. The summed E-state index contributed by atoms with van der Waals surface area (Å²) in [5, 5.41) is 1.56. The Hall–Kier alpha value is -2.47. The molecule has 0 saturated carbocycles. The molecule has 1 aliphatic carbocycles. The molecule has 0 amide bonds. The molecule has 1 heterocycles. The van der Waals surface area contributed by atoms with Crippen LogP contribution in [-0.4, -0.2) is 18.4 Å². The van der Waals surface area contributed by atoms with E-state index in [-0.39, 0.29) is 10.8 Å². The van der Waals surface area contributed by atoms with Crippen LogP contribution in [0.5, 0.6) is 0 Å². The fourth-order valence-electron chi connectivity index (χ4n) is 2.97. The molecule has 0 fully saturated rings. The van der Waals surface area contributed by atoms with Crippen LogP contribution in [0.25, 0.3) is 10.8 Å². The third kappa shape index (κ3) is 2.55. The van der Waals surface area contributed by atoms with Crippen molar-refractivity contribution in [1.29, 1.82) is 0 Å². The highest BCUT2D eigenvalue weighted by atomic mass is 32.2. The Labute approximate surface area is 134 Å². The van der Waals surface area contributed by atoms with Crippen molar-refractivity contribution in [2.24, 2.45) is 0 Å². The first kappa shape index (κ1) is 14.1. The van der Waals surface area contributed by atoms with Crippen molar-refractivity contribution >= 4 is 26.7 Å². The molecule has 2 aromatic carbocycles. The van der Waals surface area contributed by atoms with E-state index in [4.69, 9.17) is 0 Å². The Balaban J connectivity index is 1.75. The highest BCUT2D eigenvalue weighted by Gasteiger charge is 2.20. The molecule has 1 N–H and O–H groups in total. The van der Waals surface area contributed by atoms with Crippen molar-refractivity contribution in [3.05, 3.63) is 59.9 Å². The van der Waals surface area contributed by atoms with E-state index >= 15 is 0 Å². The SMILES string of the molecule is O=S(=O)(Nc1ncc2c(n1)CCC2)c1cccc2ccccc12. The largest absolute Gasteiger partial charge is 0.264 e. The average molecular weight is 325 g/mol. The third-order valence-electron chi connectivity index (χ3n) is 4.08. The second kappa shape index (κ2) is 5.31. The molecular weight excluding hydrogens is 310 g/mol. The van der Waals surface area contributed by atoms with Gasteiger partial charge in [0.25, 0.3) is 10.0 Å². The third-order valence-corrected chi connectivity index (χ3v) is 5.47. The molecule has 0 radical (unpaired) electrons. The van der Waals surface area contributed by atoms with Crippen LogP contribution in [0.3, 0.4) is 0 Å². The number of aryl methyl sites for hydroxylation is 2. The Morgan fingerprint density at radius 1 is 1.00 bits per heavy atom. The van der Waals surface area contributed by atoms with Gasteiger partial charge in [0.1, 0.15) is 0 Å². The Morgan fingerprint density at radius 3 is 2.74 bits per heavy atom. The maximum absolute atomic E-state index is 12.7. The highest BCUT2D eigenvalue weighted by molar-refractivity contribution is 7.93. The van der Waals surface area contributed by atoms with E-state index < -0.39 is 10.0 Å². The van der Waals surface area contributed by atoms with Gasteiger partial charge < -0.3 is 0 Å². The van der Waals surface area contributed by atoms with Crippen LogP contribution in [-0.2, 0) is 22.9 Å². The summed E-state index contributed by atoms with van der Waals surface area (Å²) in [6.45, 7) is 0. The monoisotopic (exact) mass is 325 g/mol. The first-order valence-electron chi connectivity index (χ1n) is 7.49. The van der Waals surface area contributed by atoms with E-state index in [2.05, 4.69) is 14.7 Å². The van der Waals surface area contributed by atoms with Gasteiger partial charge in [0.05, 0.1) is 4.90 Å². The molecule has 0 spiro atoms. The van der Waals surface area contributed by atoms with Gasteiger partial charge in [-0.2, -0.15) is 0 Å². The molecular formula is C17H15N3O2S.